The van der Waals surface area contributed by atoms with E-state index >= 15 is 0 Å². The summed E-state index contributed by atoms with van der Waals surface area (Å²) in [7, 11) is 0. The Kier molecular flexibility index (Phi) is 2.50. The first kappa shape index (κ1) is 9.50. The number of hydrogen-bond acceptors (Lipinski definition) is 2. The molecule has 0 saturated heterocycles. The maximum absolute atomic E-state index is 11.7. The van der Waals surface area contributed by atoms with Gasteiger partial charge in [-0.25, -0.2) is 0 Å². The highest BCUT2D eigenvalue weighted by atomic mass is 19.4. The minimum atomic E-state index is -4.91. The van der Waals surface area contributed by atoms with Crippen molar-refractivity contribution < 1.29 is 23.0 Å². The van der Waals surface area contributed by atoms with Crippen molar-refractivity contribution in [1.82, 2.24) is 0 Å². The third kappa shape index (κ3) is 2.73. The zero-order chi connectivity index (χ0) is 9.90. The van der Waals surface area contributed by atoms with Crippen LogP contribution in [0.2, 0.25) is 0 Å². The first-order valence-corrected chi connectivity index (χ1v) is 3.29. The van der Waals surface area contributed by atoms with Crippen molar-refractivity contribution in [3.8, 4) is 0 Å². The second-order valence-corrected chi connectivity index (χ2v) is 2.16. The predicted octanol–water partition coefficient (Wildman–Crippen LogP) is 0.0583. The topological polar surface area (TPSA) is 39.3 Å². The first-order valence-electron chi connectivity index (χ1n) is 3.29. The van der Waals surface area contributed by atoms with E-state index in [0.29, 0.717) is 0 Å². The lowest BCUT2D eigenvalue weighted by atomic mass is 10.5. The van der Waals surface area contributed by atoms with Gasteiger partial charge in [-0.15, -0.1) is 0 Å². The molecule has 1 aromatic heterocycles. The van der Waals surface area contributed by atoms with E-state index in [4.69, 9.17) is 0 Å². The van der Waals surface area contributed by atoms with E-state index in [1.165, 1.54) is 24.5 Å². The zero-order valence-electron chi connectivity index (χ0n) is 6.32. The van der Waals surface area contributed by atoms with E-state index in [-0.39, 0.29) is 0 Å². The Hall–Kier alpha value is -1.59. The van der Waals surface area contributed by atoms with Gasteiger partial charge in [0.1, 0.15) is 5.90 Å². The number of hydrogen-bond donors (Lipinski definition) is 0. The molecule has 0 aliphatic carbocycles. The molecule has 0 aliphatic heterocycles. The number of pyridine rings is 1. The Morgan fingerprint density at radius 3 is 2.15 bits per heavy atom. The fourth-order valence-corrected chi connectivity index (χ4v) is 0.618. The van der Waals surface area contributed by atoms with Gasteiger partial charge in [0.2, 0.25) is 12.4 Å². The summed E-state index contributed by atoms with van der Waals surface area (Å²) in [5.41, 5.74) is 0. The van der Waals surface area contributed by atoms with Crippen molar-refractivity contribution >= 4 is 5.90 Å². The molecule has 0 bridgehead atoms. The van der Waals surface area contributed by atoms with E-state index in [0.717, 1.165) is 4.68 Å². The van der Waals surface area contributed by atoms with Crippen LogP contribution < -0.4 is 9.78 Å². The maximum Gasteiger partial charge on any atom is 0.425 e. The lowest BCUT2D eigenvalue weighted by molar-refractivity contribution is -0.682. The molecular weight excluding hydrogens is 185 g/mol. The summed E-state index contributed by atoms with van der Waals surface area (Å²) in [5, 5.41) is 13.1. The first-order chi connectivity index (χ1) is 6.00. The highest BCUT2D eigenvalue weighted by molar-refractivity contribution is 5.76. The van der Waals surface area contributed by atoms with Crippen LogP contribution in [0.25, 0.3) is 0 Å². The molecule has 1 rings (SSSR count). The zero-order valence-corrected chi connectivity index (χ0v) is 6.32. The van der Waals surface area contributed by atoms with Crippen LogP contribution in [0.5, 0.6) is 0 Å². The standard InChI is InChI=1S/C7H5F3N2O/c8-7(9,10)6(13)11-12-4-2-1-3-5-12/h1-5H. The average Bonchev–Trinajstić information content (AvgIpc) is 2.04. The second-order valence-electron chi connectivity index (χ2n) is 2.16. The number of nitrogens with zero attached hydrogens (tertiary/aromatic N) is 2. The fraction of sp³-hybridized carbons (Fsp3) is 0.143. The monoisotopic (exact) mass is 190 g/mol. The van der Waals surface area contributed by atoms with Gasteiger partial charge in [-0.1, -0.05) is 10.7 Å². The molecule has 3 nitrogen and oxygen atoms in total. The van der Waals surface area contributed by atoms with Gasteiger partial charge < -0.3 is 5.11 Å². The Labute approximate surface area is 71.7 Å². The summed E-state index contributed by atoms with van der Waals surface area (Å²) in [6.07, 6.45) is -2.43. The van der Waals surface area contributed by atoms with Gasteiger partial charge >= 0.3 is 6.18 Å². The number of rotatable bonds is 1. The molecule has 0 saturated carbocycles. The predicted molar refractivity (Wildman–Crippen MR) is 35.5 cm³/mol. The fourth-order valence-electron chi connectivity index (χ4n) is 0.618. The molecule has 0 radical (unpaired) electrons. The quantitative estimate of drug-likeness (QED) is 0.350. The molecular formula is C7H5F3N2O. The van der Waals surface area contributed by atoms with Gasteiger partial charge in [0.05, 0.1) is 0 Å². The molecule has 0 N–H and O–H groups in total. The number of alkyl halides is 3. The number of aromatic nitrogens is 1. The normalized spacial score (nSPS) is 13.0. The third-order valence-electron chi connectivity index (χ3n) is 1.15. The van der Waals surface area contributed by atoms with Crippen LogP contribution in [-0.2, 0) is 0 Å². The summed E-state index contributed by atoms with van der Waals surface area (Å²) in [5.74, 6) is -2.12. The molecule has 70 valence electrons. The van der Waals surface area contributed by atoms with E-state index in [1.54, 1.807) is 6.07 Å². The summed E-state index contributed by atoms with van der Waals surface area (Å²) in [4.78, 5) is 0. The van der Waals surface area contributed by atoms with Gasteiger partial charge in [0, 0.05) is 12.1 Å². The Morgan fingerprint density at radius 1 is 1.15 bits per heavy atom. The maximum atomic E-state index is 11.7. The molecule has 0 unspecified atom stereocenters. The summed E-state index contributed by atoms with van der Waals surface area (Å²) in [6.45, 7) is 0. The van der Waals surface area contributed by atoms with Gasteiger partial charge in [0.25, 0.3) is 0 Å². The third-order valence-corrected chi connectivity index (χ3v) is 1.15. The van der Waals surface area contributed by atoms with Crippen LogP contribution in [0.1, 0.15) is 0 Å². The molecule has 0 aromatic carbocycles. The van der Waals surface area contributed by atoms with Crippen molar-refractivity contribution in [3.05, 3.63) is 30.6 Å². The molecule has 0 spiro atoms. The highest BCUT2D eigenvalue weighted by Crippen LogP contribution is 2.13. The van der Waals surface area contributed by atoms with Crippen molar-refractivity contribution in [2.24, 2.45) is 5.10 Å². The van der Waals surface area contributed by atoms with Gasteiger partial charge in [-0.3, -0.25) is 0 Å². The SMILES string of the molecule is [O-]/C(=N\[n+]1ccccc1)C(F)(F)F. The van der Waals surface area contributed by atoms with Crippen molar-refractivity contribution in [2.45, 2.75) is 6.18 Å². The molecule has 0 atom stereocenters. The van der Waals surface area contributed by atoms with Gasteiger partial charge in [-0.2, -0.15) is 13.2 Å². The highest BCUT2D eigenvalue weighted by Gasteiger charge is 2.30. The van der Waals surface area contributed by atoms with E-state index < -0.39 is 12.1 Å². The van der Waals surface area contributed by atoms with Crippen LogP contribution in [-0.4, -0.2) is 12.1 Å². The van der Waals surface area contributed by atoms with Crippen LogP contribution >= 0.6 is 0 Å². The van der Waals surface area contributed by atoms with Crippen molar-refractivity contribution in [3.63, 3.8) is 0 Å². The molecule has 13 heavy (non-hydrogen) atoms. The van der Waals surface area contributed by atoms with Crippen LogP contribution in [0.15, 0.2) is 35.7 Å². The van der Waals surface area contributed by atoms with Crippen LogP contribution in [0.3, 0.4) is 0 Å². The van der Waals surface area contributed by atoms with Crippen molar-refractivity contribution in [1.29, 1.82) is 0 Å². The minimum absolute atomic E-state index is 0.801. The van der Waals surface area contributed by atoms with Crippen LogP contribution in [0, 0.1) is 0 Å². The number of halogens is 3. The van der Waals surface area contributed by atoms with E-state index in [2.05, 4.69) is 5.10 Å². The minimum Gasteiger partial charge on any atom is -0.851 e. The smallest absolute Gasteiger partial charge is 0.425 e. The summed E-state index contributed by atoms with van der Waals surface area (Å²) in [6, 6.07) is 4.53. The molecule has 1 heterocycles. The largest absolute Gasteiger partial charge is 0.851 e. The van der Waals surface area contributed by atoms with E-state index in [1.807, 2.05) is 0 Å². The Bertz CT molecular complexity index is 307. The van der Waals surface area contributed by atoms with Crippen LogP contribution in [0.4, 0.5) is 13.2 Å². The molecule has 0 aliphatic rings. The molecule has 0 amide bonds. The van der Waals surface area contributed by atoms with Gasteiger partial charge in [0.15, 0.2) is 0 Å². The Balaban J connectivity index is 2.90. The molecule has 6 heteroatoms. The van der Waals surface area contributed by atoms with Gasteiger partial charge in [-0.05, 0) is 5.10 Å². The summed E-state index contributed by atoms with van der Waals surface area (Å²) >= 11 is 0. The summed E-state index contributed by atoms with van der Waals surface area (Å²) < 4.78 is 35.8. The lowest BCUT2D eigenvalue weighted by Crippen LogP contribution is -2.41. The average molecular weight is 190 g/mol. The second kappa shape index (κ2) is 3.42. The lowest BCUT2D eigenvalue weighted by Gasteiger charge is -2.09. The van der Waals surface area contributed by atoms with E-state index in [9.17, 15) is 18.3 Å². The Morgan fingerprint density at radius 2 is 1.69 bits per heavy atom. The molecule has 1 aromatic rings. The molecule has 0 fully saturated rings. The van der Waals surface area contributed by atoms with Crippen molar-refractivity contribution in [2.75, 3.05) is 0 Å².